The molecule has 0 saturated heterocycles. The molecule has 2 heterocycles. The lowest BCUT2D eigenvalue weighted by atomic mass is 10.0. The maximum absolute atomic E-state index is 11.6. The van der Waals surface area contributed by atoms with Crippen molar-refractivity contribution in [3.05, 3.63) is 35.2 Å². The van der Waals surface area contributed by atoms with Crippen LogP contribution in [-0.2, 0) is 4.79 Å². The van der Waals surface area contributed by atoms with Crippen LogP contribution in [0.5, 0.6) is 0 Å². The number of fused-ring (bicyclic) bond motifs is 1. The summed E-state index contributed by atoms with van der Waals surface area (Å²) in [6.07, 6.45) is 0.250. The highest BCUT2D eigenvalue weighted by molar-refractivity contribution is 6.11. The van der Waals surface area contributed by atoms with Crippen LogP contribution in [0.4, 0.5) is 5.82 Å². The molecule has 0 spiro atoms. The zero-order chi connectivity index (χ0) is 17.9. The van der Waals surface area contributed by atoms with Crippen LogP contribution in [0.3, 0.4) is 0 Å². The largest absolute Gasteiger partial charge is 0.374 e. The number of nitrogens with zero attached hydrogens (tertiary/aromatic N) is 1. The maximum Gasteiger partial charge on any atom is 0.253 e. The van der Waals surface area contributed by atoms with Crippen LogP contribution in [0.1, 0.15) is 21.8 Å². The number of nitrogens with one attached hydrogen (secondary N) is 2. The number of carbonyl (C=O) groups excluding carboxylic acids is 2. The van der Waals surface area contributed by atoms with E-state index in [1.165, 1.54) is 0 Å². The summed E-state index contributed by atoms with van der Waals surface area (Å²) in [5.74, 6) is 0.923. The number of benzene rings is 1. The van der Waals surface area contributed by atoms with Gasteiger partial charge >= 0.3 is 0 Å². The lowest BCUT2D eigenvalue weighted by Crippen LogP contribution is -2.12. The molecule has 0 radical (unpaired) electrons. The summed E-state index contributed by atoms with van der Waals surface area (Å²) in [5.41, 5.74) is 13.7. The van der Waals surface area contributed by atoms with Crippen molar-refractivity contribution < 1.29 is 14.1 Å². The van der Waals surface area contributed by atoms with Gasteiger partial charge in [-0.15, -0.1) is 0 Å². The van der Waals surface area contributed by atoms with Gasteiger partial charge in [-0.2, -0.15) is 0 Å². The number of H-pyrrole nitrogens is 1. The van der Waals surface area contributed by atoms with E-state index in [9.17, 15) is 4.79 Å². The molecule has 0 unspecified atom stereocenters. The van der Waals surface area contributed by atoms with E-state index in [-0.39, 0.29) is 6.41 Å². The number of aryl methyl sites for hydroxylation is 2. The van der Waals surface area contributed by atoms with Crippen molar-refractivity contribution in [1.82, 2.24) is 10.1 Å². The van der Waals surface area contributed by atoms with Crippen molar-refractivity contribution in [2.45, 2.75) is 13.8 Å². The third kappa shape index (κ3) is 2.94. The van der Waals surface area contributed by atoms with E-state index in [1.54, 1.807) is 7.05 Å². The molecule has 8 heteroatoms. The van der Waals surface area contributed by atoms with Crippen LogP contribution in [-0.4, -0.2) is 29.5 Å². The number of aromatic nitrogens is 2. The van der Waals surface area contributed by atoms with Crippen molar-refractivity contribution >= 4 is 29.0 Å². The third-order valence-corrected chi connectivity index (χ3v) is 3.62. The first-order valence-corrected chi connectivity index (χ1v) is 7.16. The van der Waals surface area contributed by atoms with E-state index in [0.29, 0.717) is 11.4 Å². The predicted molar refractivity (Wildman–Crippen MR) is 91.6 cm³/mol. The fourth-order valence-corrected chi connectivity index (χ4v) is 2.69. The quantitative estimate of drug-likeness (QED) is 0.541. The van der Waals surface area contributed by atoms with Gasteiger partial charge in [-0.3, -0.25) is 9.59 Å². The molecular formula is C16H19N5O3. The Balaban J connectivity index is 0.000000647. The summed E-state index contributed by atoms with van der Waals surface area (Å²) in [6, 6.07) is 5.79. The van der Waals surface area contributed by atoms with Gasteiger partial charge in [0.1, 0.15) is 11.6 Å². The Morgan fingerprint density at radius 3 is 2.54 bits per heavy atom. The van der Waals surface area contributed by atoms with E-state index < -0.39 is 5.91 Å². The Bertz CT molecular complexity index is 875. The normalized spacial score (nSPS) is 10.1. The van der Waals surface area contributed by atoms with E-state index in [4.69, 9.17) is 15.1 Å². The monoisotopic (exact) mass is 329 g/mol. The van der Waals surface area contributed by atoms with Crippen molar-refractivity contribution in [3.63, 3.8) is 0 Å². The molecule has 8 nitrogen and oxygen atoms in total. The second-order valence-corrected chi connectivity index (χ2v) is 5.08. The molecule has 0 aliphatic carbocycles. The molecule has 0 saturated carbocycles. The Hall–Kier alpha value is -3.29. The zero-order valence-corrected chi connectivity index (χ0v) is 13.6. The molecule has 0 aliphatic heterocycles. The SMILES string of the molecule is CNc1[nH]c2cc(-c3c(C)noc3C)ccc2c1C(N)=O.NC=O. The lowest BCUT2D eigenvalue weighted by Gasteiger charge is -2.01. The third-order valence-electron chi connectivity index (χ3n) is 3.62. The fourth-order valence-electron chi connectivity index (χ4n) is 2.69. The van der Waals surface area contributed by atoms with Crippen molar-refractivity contribution in [2.24, 2.45) is 11.5 Å². The lowest BCUT2D eigenvalue weighted by molar-refractivity contribution is -0.106. The van der Waals surface area contributed by atoms with Gasteiger partial charge in [-0.25, -0.2) is 0 Å². The number of nitrogens with two attached hydrogens (primary N) is 2. The van der Waals surface area contributed by atoms with Gasteiger partial charge < -0.3 is 26.3 Å². The first-order valence-electron chi connectivity index (χ1n) is 7.16. The van der Waals surface area contributed by atoms with Gasteiger partial charge in [0.2, 0.25) is 6.41 Å². The van der Waals surface area contributed by atoms with Gasteiger partial charge in [0, 0.05) is 23.5 Å². The summed E-state index contributed by atoms with van der Waals surface area (Å²) in [7, 11) is 1.74. The molecule has 3 aromatic rings. The average molecular weight is 329 g/mol. The number of rotatable bonds is 3. The molecule has 0 fully saturated rings. The van der Waals surface area contributed by atoms with Crippen LogP contribution in [0.15, 0.2) is 22.7 Å². The molecule has 2 aromatic heterocycles. The number of hydrogen-bond acceptors (Lipinski definition) is 5. The Labute approximate surface area is 138 Å². The zero-order valence-electron chi connectivity index (χ0n) is 13.6. The average Bonchev–Trinajstić information content (AvgIpc) is 3.07. The number of anilines is 1. The summed E-state index contributed by atoms with van der Waals surface area (Å²) >= 11 is 0. The van der Waals surface area contributed by atoms with Gasteiger partial charge in [0.15, 0.2) is 0 Å². The Morgan fingerprint density at radius 2 is 2.04 bits per heavy atom. The highest BCUT2D eigenvalue weighted by Gasteiger charge is 2.17. The summed E-state index contributed by atoms with van der Waals surface area (Å²) in [6.45, 7) is 3.78. The molecular weight excluding hydrogens is 310 g/mol. The second kappa shape index (κ2) is 6.86. The van der Waals surface area contributed by atoms with Crippen LogP contribution < -0.4 is 16.8 Å². The van der Waals surface area contributed by atoms with E-state index in [0.717, 1.165) is 33.5 Å². The molecule has 0 aliphatic rings. The molecule has 1 aromatic carbocycles. The number of aromatic amines is 1. The summed E-state index contributed by atoms with van der Waals surface area (Å²) < 4.78 is 5.20. The highest BCUT2D eigenvalue weighted by atomic mass is 16.5. The van der Waals surface area contributed by atoms with Gasteiger partial charge in [-0.1, -0.05) is 17.3 Å². The molecule has 3 rings (SSSR count). The molecule has 24 heavy (non-hydrogen) atoms. The number of hydrogen-bond donors (Lipinski definition) is 4. The first-order chi connectivity index (χ1) is 11.4. The second-order valence-electron chi connectivity index (χ2n) is 5.08. The highest BCUT2D eigenvalue weighted by Crippen LogP contribution is 2.32. The van der Waals surface area contributed by atoms with E-state index in [2.05, 4.69) is 21.2 Å². The summed E-state index contributed by atoms with van der Waals surface area (Å²) in [5, 5.41) is 7.72. The van der Waals surface area contributed by atoms with Crippen molar-refractivity contribution in [3.8, 4) is 11.1 Å². The minimum Gasteiger partial charge on any atom is -0.374 e. The topological polar surface area (TPSA) is 140 Å². The smallest absolute Gasteiger partial charge is 0.253 e. The standard InChI is InChI=1S/C15H16N4O2.CH3NO/c1-7-12(8(2)21-19-7)9-4-5-10-11(6-9)18-15(17-3)13(10)14(16)20;2-1-3/h4-6,17-18H,1-3H3,(H2,16,20);1H,(H2,2,3). The summed E-state index contributed by atoms with van der Waals surface area (Å²) in [4.78, 5) is 23.4. The van der Waals surface area contributed by atoms with Gasteiger partial charge in [-0.05, 0) is 25.5 Å². The minimum absolute atomic E-state index is 0.250. The van der Waals surface area contributed by atoms with Crippen LogP contribution in [0.25, 0.3) is 22.0 Å². The van der Waals surface area contributed by atoms with Crippen LogP contribution >= 0.6 is 0 Å². The number of carbonyl (C=O) groups is 2. The Kier molecular flexibility index (Phi) is 4.88. The van der Waals surface area contributed by atoms with Crippen molar-refractivity contribution in [2.75, 3.05) is 12.4 Å². The molecule has 0 atom stereocenters. The van der Waals surface area contributed by atoms with Crippen molar-refractivity contribution in [1.29, 1.82) is 0 Å². The maximum atomic E-state index is 11.6. The van der Waals surface area contributed by atoms with Gasteiger partial charge in [0.25, 0.3) is 5.91 Å². The molecule has 126 valence electrons. The van der Waals surface area contributed by atoms with Gasteiger partial charge in [0.05, 0.1) is 11.3 Å². The Morgan fingerprint density at radius 1 is 1.38 bits per heavy atom. The number of amides is 2. The first kappa shape index (κ1) is 17.1. The minimum atomic E-state index is -0.462. The molecule has 6 N–H and O–H groups in total. The number of primary amides is 2. The van der Waals surface area contributed by atoms with E-state index >= 15 is 0 Å². The van der Waals surface area contributed by atoms with Crippen LogP contribution in [0.2, 0.25) is 0 Å². The fraction of sp³-hybridized carbons (Fsp3) is 0.188. The molecule has 0 bridgehead atoms. The van der Waals surface area contributed by atoms with E-state index in [1.807, 2.05) is 32.0 Å². The van der Waals surface area contributed by atoms with Crippen LogP contribution in [0, 0.1) is 13.8 Å². The molecule has 2 amide bonds. The predicted octanol–water partition coefficient (Wildman–Crippen LogP) is 1.68.